The molecule has 244 valence electrons. The predicted octanol–water partition coefficient (Wildman–Crippen LogP) is 5.09. The molecule has 12 heteroatoms. The highest BCUT2D eigenvalue weighted by Gasteiger charge is 2.34. The van der Waals surface area contributed by atoms with Crippen LogP contribution in [0.15, 0.2) is 92.3 Å². The summed E-state index contributed by atoms with van der Waals surface area (Å²) in [5.41, 5.74) is 2.79. The molecular formula is C35H33BrN2O8S. The van der Waals surface area contributed by atoms with Crippen molar-refractivity contribution in [1.29, 1.82) is 0 Å². The van der Waals surface area contributed by atoms with Crippen LogP contribution in [0, 0.1) is 0 Å². The van der Waals surface area contributed by atoms with Crippen LogP contribution >= 0.6 is 27.3 Å². The van der Waals surface area contributed by atoms with Crippen LogP contribution in [-0.2, 0) is 25.7 Å². The Labute approximate surface area is 283 Å². The SMILES string of the molecule is CCOC(=O)C1=C(C)N=c2s/c(=C\c3ccc(OCc4ccc(Br)cc4)cc3)c(=O)n2[C@@H]1c1ccc(OCC(=O)OC)c(OCC)c1. The van der Waals surface area contributed by atoms with E-state index in [0.717, 1.165) is 15.6 Å². The molecule has 0 fully saturated rings. The molecule has 1 atom stereocenters. The minimum absolute atomic E-state index is 0.153. The number of fused-ring (bicyclic) bond motifs is 1. The molecule has 0 radical (unpaired) electrons. The fraction of sp³-hybridized carbons (Fsp3) is 0.257. The fourth-order valence-corrected chi connectivity index (χ4v) is 6.25. The Kier molecular flexibility index (Phi) is 10.9. The van der Waals surface area contributed by atoms with Crippen molar-refractivity contribution in [3.05, 3.63) is 119 Å². The quantitative estimate of drug-likeness (QED) is 0.186. The van der Waals surface area contributed by atoms with Crippen LogP contribution < -0.4 is 29.1 Å². The van der Waals surface area contributed by atoms with Crippen LogP contribution in [-0.4, -0.2) is 43.4 Å². The number of nitrogens with zero attached hydrogens (tertiary/aromatic N) is 2. The maximum absolute atomic E-state index is 14.0. The van der Waals surface area contributed by atoms with E-state index in [1.165, 1.54) is 23.0 Å². The van der Waals surface area contributed by atoms with E-state index in [4.69, 9.17) is 18.9 Å². The van der Waals surface area contributed by atoms with Crippen LogP contribution in [0.4, 0.5) is 0 Å². The first-order valence-corrected chi connectivity index (χ1v) is 16.5. The average molecular weight is 722 g/mol. The summed E-state index contributed by atoms with van der Waals surface area (Å²) in [4.78, 5) is 44.1. The van der Waals surface area contributed by atoms with Crippen LogP contribution in [0.1, 0.15) is 43.5 Å². The second-order valence-corrected chi connectivity index (χ2v) is 12.2. The number of esters is 2. The summed E-state index contributed by atoms with van der Waals surface area (Å²) in [5, 5.41) is 0. The highest BCUT2D eigenvalue weighted by molar-refractivity contribution is 9.10. The first kappa shape index (κ1) is 33.7. The lowest BCUT2D eigenvalue weighted by Gasteiger charge is -2.25. The molecule has 0 saturated heterocycles. The maximum atomic E-state index is 14.0. The maximum Gasteiger partial charge on any atom is 0.343 e. The van der Waals surface area contributed by atoms with Gasteiger partial charge >= 0.3 is 11.9 Å². The molecule has 1 aliphatic rings. The molecule has 0 bridgehead atoms. The molecule has 5 rings (SSSR count). The molecule has 3 aromatic carbocycles. The molecule has 0 aliphatic carbocycles. The van der Waals surface area contributed by atoms with Gasteiger partial charge in [0.1, 0.15) is 12.4 Å². The van der Waals surface area contributed by atoms with Gasteiger partial charge < -0.3 is 23.7 Å². The van der Waals surface area contributed by atoms with Gasteiger partial charge in [0.15, 0.2) is 22.9 Å². The Morgan fingerprint density at radius 3 is 2.38 bits per heavy atom. The van der Waals surface area contributed by atoms with E-state index in [0.29, 0.717) is 51.1 Å². The molecular weight excluding hydrogens is 688 g/mol. The van der Waals surface area contributed by atoms with Gasteiger partial charge in [0.25, 0.3) is 5.56 Å². The second-order valence-electron chi connectivity index (χ2n) is 10.3. The van der Waals surface area contributed by atoms with Crippen molar-refractivity contribution in [2.75, 3.05) is 26.9 Å². The molecule has 0 amide bonds. The molecule has 4 aromatic rings. The first-order valence-electron chi connectivity index (χ1n) is 14.9. The van der Waals surface area contributed by atoms with Gasteiger partial charge in [-0.15, -0.1) is 0 Å². The fourth-order valence-electron chi connectivity index (χ4n) is 4.94. The smallest absolute Gasteiger partial charge is 0.343 e. The van der Waals surface area contributed by atoms with E-state index in [9.17, 15) is 14.4 Å². The number of benzene rings is 3. The Bertz CT molecular complexity index is 1980. The Hall–Kier alpha value is -4.68. The summed E-state index contributed by atoms with van der Waals surface area (Å²) in [7, 11) is 1.27. The molecule has 1 aromatic heterocycles. The lowest BCUT2D eigenvalue weighted by molar-refractivity contribution is -0.143. The summed E-state index contributed by atoms with van der Waals surface area (Å²) in [6.07, 6.45) is 1.79. The van der Waals surface area contributed by atoms with E-state index in [-0.39, 0.29) is 24.3 Å². The van der Waals surface area contributed by atoms with Crippen molar-refractivity contribution >= 4 is 45.3 Å². The van der Waals surface area contributed by atoms with E-state index in [2.05, 4.69) is 25.7 Å². The largest absolute Gasteiger partial charge is 0.490 e. The lowest BCUT2D eigenvalue weighted by atomic mass is 9.95. The minimum atomic E-state index is -0.851. The van der Waals surface area contributed by atoms with E-state index >= 15 is 0 Å². The van der Waals surface area contributed by atoms with Crippen LogP contribution in [0.3, 0.4) is 0 Å². The van der Waals surface area contributed by atoms with Gasteiger partial charge in [0.2, 0.25) is 0 Å². The van der Waals surface area contributed by atoms with Gasteiger partial charge in [0, 0.05) is 4.47 Å². The number of methoxy groups -OCH3 is 1. The summed E-state index contributed by atoms with van der Waals surface area (Å²) in [5.74, 6) is 0.239. The Balaban J connectivity index is 1.51. The molecule has 2 heterocycles. The zero-order valence-corrected chi connectivity index (χ0v) is 28.7. The first-order chi connectivity index (χ1) is 22.7. The number of hydrogen-bond acceptors (Lipinski definition) is 10. The third-order valence-corrected chi connectivity index (χ3v) is 8.68. The normalized spacial score (nSPS) is 14.2. The van der Waals surface area contributed by atoms with Crippen molar-refractivity contribution in [2.24, 2.45) is 4.99 Å². The molecule has 0 N–H and O–H groups in total. The van der Waals surface area contributed by atoms with Gasteiger partial charge in [0.05, 0.1) is 42.2 Å². The minimum Gasteiger partial charge on any atom is -0.490 e. The number of carbonyl (C=O) groups excluding carboxylic acids is 2. The lowest BCUT2D eigenvalue weighted by Crippen LogP contribution is -2.40. The van der Waals surface area contributed by atoms with E-state index in [1.807, 2.05) is 55.5 Å². The topological polar surface area (TPSA) is 115 Å². The summed E-state index contributed by atoms with van der Waals surface area (Å²) in [6.45, 7) is 5.84. The molecule has 10 nitrogen and oxygen atoms in total. The highest BCUT2D eigenvalue weighted by Crippen LogP contribution is 2.36. The molecule has 0 saturated carbocycles. The van der Waals surface area contributed by atoms with Gasteiger partial charge in [-0.05, 0) is 79.9 Å². The second kappa shape index (κ2) is 15.3. The molecule has 1 aliphatic heterocycles. The van der Waals surface area contributed by atoms with Crippen molar-refractivity contribution in [3.8, 4) is 17.2 Å². The number of hydrogen-bond donors (Lipinski definition) is 0. The van der Waals surface area contributed by atoms with Gasteiger partial charge in [-0.2, -0.15) is 0 Å². The van der Waals surface area contributed by atoms with Gasteiger partial charge in [-0.25, -0.2) is 14.6 Å². The van der Waals surface area contributed by atoms with E-state index in [1.54, 1.807) is 38.1 Å². The van der Waals surface area contributed by atoms with Crippen LogP contribution in [0.2, 0.25) is 0 Å². The van der Waals surface area contributed by atoms with E-state index < -0.39 is 18.0 Å². The Morgan fingerprint density at radius 2 is 1.70 bits per heavy atom. The van der Waals surface area contributed by atoms with Crippen molar-refractivity contribution in [2.45, 2.75) is 33.4 Å². The summed E-state index contributed by atoms with van der Waals surface area (Å²) >= 11 is 4.67. The number of halogens is 1. The summed E-state index contributed by atoms with van der Waals surface area (Å²) < 4.78 is 30.4. The number of carbonyl (C=O) groups is 2. The van der Waals surface area contributed by atoms with Gasteiger partial charge in [-0.3, -0.25) is 9.36 Å². The van der Waals surface area contributed by atoms with Crippen LogP contribution in [0.25, 0.3) is 6.08 Å². The number of rotatable bonds is 12. The van der Waals surface area contributed by atoms with Crippen molar-refractivity contribution < 1.29 is 33.3 Å². The zero-order valence-electron chi connectivity index (χ0n) is 26.3. The molecule has 0 spiro atoms. The molecule has 47 heavy (non-hydrogen) atoms. The number of allylic oxidation sites excluding steroid dienone is 1. The Morgan fingerprint density at radius 1 is 0.957 bits per heavy atom. The van der Waals surface area contributed by atoms with Crippen LogP contribution in [0.5, 0.6) is 17.2 Å². The zero-order chi connectivity index (χ0) is 33.5. The highest BCUT2D eigenvalue weighted by atomic mass is 79.9. The predicted molar refractivity (Wildman–Crippen MR) is 180 cm³/mol. The number of thiazole rings is 1. The van der Waals surface area contributed by atoms with Crippen molar-refractivity contribution in [3.63, 3.8) is 0 Å². The third kappa shape index (κ3) is 7.83. The molecule has 0 unspecified atom stereocenters. The monoisotopic (exact) mass is 720 g/mol. The average Bonchev–Trinajstić information content (AvgIpc) is 3.37. The standard InChI is InChI=1S/C35H33BrN2O8S/c1-5-43-28-18-24(11-16-27(28)46-20-30(39)42-4)32-31(34(41)44-6-2)21(3)37-35-38(32)33(40)29(47-35)17-22-9-14-26(15-10-22)45-19-23-7-12-25(36)13-8-23/h7-18,32H,5-6,19-20H2,1-4H3/b29-17-/t32-/m1/s1. The number of ether oxygens (including phenoxy) is 5. The third-order valence-electron chi connectivity index (χ3n) is 7.17. The summed E-state index contributed by atoms with van der Waals surface area (Å²) in [6, 6.07) is 19.6. The van der Waals surface area contributed by atoms with Crippen molar-refractivity contribution in [1.82, 2.24) is 4.57 Å². The van der Waals surface area contributed by atoms with Gasteiger partial charge in [-0.1, -0.05) is 57.6 Å². The number of aromatic nitrogens is 1.